The first-order valence-electron chi connectivity index (χ1n) is 6.30. The van der Waals surface area contributed by atoms with Crippen LogP contribution in [0.5, 0.6) is 0 Å². The van der Waals surface area contributed by atoms with Crippen LogP contribution in [-0.4, -0.2) is 12.0 Å². The number of hydrogen-bond acceptors (Lipinski definition) is 3. The van der Waals surface area contributed by atoms with E-state index in [4.69, 9.17) is 11.6 Å². The highest BCUT2D eigenvalue weighted by Gasteiger charge is 1.97. The van der Waals surface area contributed by atoms with Gasteiger partial charge in [-0.2, -0.15) is 0 Å². The van der Waals surface area contributed by atoms with E-state index in [0.29, 0.717) is 0 Å². The van der Waals surface area contributed by atoms with E-state index >= 15 is 0 Å². The second kappa shape index (κ2) is 8.23. The third-order valence-corrected chi connectivity index (χ3v) is 2.42. The zero-order valence-corrected chi connectivity index (χ0v) is 12.8. The predicted octanol–water partition coefficient (Wildman–Crippen LogP) is 5.10. The molecule has 20 heavy (non-hydrogen) atoms. The third-order valence-electron chi connectivity index (χ3n) is 2.17. The molecule has 0 aliphatic rings. The molecule has 1 heterocycles. The molecule has 1 aromatic carbocycles. The van der Waals surface area contributed by atoms with Crippen LogP contribution >= 0.6 is 11.6 Å². The van der Waals surface area contributed by atoms with Crippen molar-refractivity contribution in [3.8, 4) is 0 Å². The molecule has 0 aliphatic heterocycles. The molecule has 0 spiro atoms. The van der Waals surface area contributed by atoms with E-state index in [1.54, 1.807) is 6.20 Å². The van der Waals surface area contributed by atoms with Gasteiger partial charge in [0.05, 0.1) is 0 Å². The molecular weight excluding hydrogens is 270 g/mol. The van der Waals surface area contributed by atoms with Crippen LogP contribution in [0.15, 0.2) is 54.7 Å². The van der Waals surface area contributed by atoms with Crippen LogP contribution in [-0.2, 0) is 0 Å². The average Bonchev–Trinajstić information content (AvgIpc) is 2.41. The molecule has 0 bridgehead atoms. The number of aromatic nitrogens is 1. The molecule has 2 N–H and O–H groups in total. The second-order valence-electron chi connectivity index (χ2n) is 4.52. The van der Waals surface area contributed by atoms with Crippen molar-refractivity contribution in [2.24, 2.45) is 0 Å². The summed E-state index contributed by atoms with van der Waals surface area (Å²) in [4.78, 5) is 4.22. The summed E-state index contributed by atoms with van der Waals surface area (Å²) in [6.07, 6.45) is 1.75. The molecule has 0 radical (unpaired) electrons. The molecule has 4 heteroatoms. The van der Waals surface area contributed by atoms with Crippen LogP contribution < -0.4 is 10.6 Å². The molecule has 0 fully saturated rings. The van der Waals surface area contributed by atoms with Gasteiger partial charge < -0.3 is 10.6 Å². The minimum absolute atomic E-state index is 0.725. The summed E-state index contributed by atoms with van der Waals surface area (Å²) in [5, 5.41) is 6.98. The second-order valence-corrected chi connectivity index (χ2v) is 4.96. The largest absolute Gasteiger partial charge is 0.388 e. The highest BCUT2D eigenvalue weighted by atomic mass is 35.5. The fourth-order valence-electron chi connectivity index (χ4n) is 1.34. The Morgan fingerprint density at radius 2 is 1.70 bits per heavy atom. The molecule has 0 saturated carbocycles. The molecule has 1 aromatic heterocycles. The SMILES string of the molecule is C=C(C)C.CNc1ccnc(Nc2ccc(Cl)cc2)c1. The lowest BCUT2D eigenvalue weighted by Gasteiger charge is -2.07. The Morgan fingerprint density at radius 3 is 2.25 bits per heavy atom. The van der Waals surface area contributed by atoms with Crippen molar-refractivity contribution in [3.63, 3.8) is 0 Å². The normalized spacial score (nSPS) is 9.20. The minimum Gasteiger partial charge on any atom is -0.388 e. The van der Waals surface area contributed by atoms with Gasteiger partial charge >= 0.3 is 0 Å². The number of nitrogens with zero attached hydrogens (tertiary/aromatic N) is 1. The van der Waals surface area contributed by atoms with Crippen LogP contribution in [0.4, 0.5) is 17.2 Å². The predicted molar refractivity (Wildman–Crippen MR) is 89.0 cm³/mol. The highest BCUT2D eigenvalue weighted by Crippen LogP contribution is 2.19. The Morgan fingerprint density at radius 1 is 1.10 bits per heavy atom. The van der Waals surface area contributed by atoms with Crippen molar-refractivity contribution >= 4 is 28.8 Å². The molecule has 2 rings (SSSR count). The van der Waals surface area contributed by atoms with Crippen LogP contribution in [0.25, 0.3) is 0 Å². The number of nitrogens with one attached hydrogen (secondary N) is 2. The minimum atomic E-state index is 0.725. The summed E-state index contributed by atoms with van der Waals surface area (Å²) in [5.41, 5.74) is 3.15. The van der Waals surface area contributed by atoms with Crippen molar-refractivity contribution in [2.45, 2.75) is 13.8 Å². The number of benzene rings is 1. The lowest BCUT2D eigenvalue weighted by molar-refractivity contribution is 1.30. The first kappa shape index (κ1) is 16.1. The Kier molecular flexibility index (Phi) is 6.60. The summed E-state index contributed by atoms with van der Waals surface area (Å²) in [6.45, 7) is 7.50. The molecule has 0 aliphatic carbocycles. The first-order valence-corrected chi connectivity index (χ1v) is 6.67. The number of rotatable bonds is 3. The number of pyridine rings is 1. The molecule has 2 aromatic rings. The topological polar surface area (TPSA) is 37.0 Å². The number of halogens is 1. The average molecular weight is 290 g/mol. The molecule has 0 unspecified atom stereocenters. The lowest BCUT2D eigenvalue weighted by Crippen LogP contribution is -1.95. The van der Waals surface area contributed by atoms with E-state index in [1.165, 1.54) is 5.57 Å². The van der Waals surface area contributed by atoms with Gasteiger partial charge in [-0.25, -0.2) is 4.98 Å². The highest BCUT2D eigenvalue weighted by molar-refractivity contribution is 6.30. The van der Waals surface area contributed by atoms with Crippen molar-refractivity contribution < 1.29 is 0 Å². The first-order chi connectivity index (χ1) is 9.51. The maximum absolute atomic E-state index is 5.81. The van der Waals surface area contributed by atoms with E-state index in [-0.39, 0.29) is 0 Å². The van der Waals surface area contributed by atoms with Crippen LogP contribution in [0.2, 0.25) is 5.02 Å². The van der Waals surface area contributed by atoms with Crippen LogP contribution in [0.3, 0.4) is 0 Å². The van der Waals surface area contributed by atoms with Crippen molar-refractivity contribution in [1.29, 1.82) is 0 Å². The Balaban J connectivity index is 0.000000444. The van der Waals surface area contributed by atoms with Gasteiger partial charge in [0.25, 0.3) is 0 Å². The Bertz CT molecular complexity index is 546. The molecule has 3 nitrogen and oxygen atoms in total. The summed E-state index contributed by atoms with van der Waals surface area (Å²) in [5.74, 6) is 0.800. The molecular formula is C16H20ClN3. The van der Waals surface area contributed by atoms with Gasteiger partial charge in [-0.05, 0) is 44.2 Å². The summed E-state index contributed by atoms with van der Waals surface area (Å²) in [7, 11) is 1.88. The van der Waals surface area contributed by atoms with Gasteiger partial charge in [0.2, 0.25) is 0 Å². The number of allylic oxidation sites excluding steroid dienone is 1. The monoisotopic (exact) mass is 289 g/mol. The Hall–Kier alpha value is -2.00. The summed E-state index contributed by atoms with van der Waals surface area (Å²) in [6, 6.07) is 11.4. The zero-order chi connectivity index (χ0) is 15.0. The van der Waals surface area contributed by atoms with E-state index in [2.05, 4.69) is 22.2 Å². The quantitative estimate of drug-likeness (QED) is 0.772. The fourth-order valence-corrected chi connectivity index (χ4v) is 1.46. The maximum atomic E-state index is 5.81. The summed E-state index contributed by atoms with van der Waals surface area (Å²) >= 11 is 5.81. The van der Waals surface area contributed by atoms with Crippen molar-refractivity contribution in [2.75, 3.05) is 17.7 Å². The van der Waals surface area contributed by atoms with Gasteiger partial charge in [0.1, 0.15) is 5.82 Å². The van der Waals surface area contributed by atoms with Crippen molar-refractivity contribution in [1.82, 2.24) is 4.98 Å². The van der Waals surface area contributed by atoms with Gasteiger partial charge in [0, 0.05) is 35.7 Å². The maximum Gasteiger partial charge on any atom is 0.132 e. The number of anilines is 3. The smallest absolute Gasteiger partial charge is 0.132 e. The summed E-state index contributed by atoms with van der Waals surface area (Å²) < 4.78 is 0. The van der Waals surface area contributed by atoms with Gasteiger partial charge in [-0.3, -0.25) is 0 Å². The van der Waals surface area contributed by atoms with E-state index in [1.807, 2.05) is 57.3 Å². The fraction of sp³-hybridized carbons (Fsp3) is 0.188. The standard InChI is InChI=1S/C12H12ClN3.C4H8/c1-14-11-6-7-15-12(8-11)16-10-4-2-9(13)3-5-10;1-4(2)3/h2-8H,1H3,(H2,14,15,16);1H2,2-3H3. The zero-order valence-electron chi connectivity index (χ0n) is 12.1. The lowest BCUT2D eigenvalue weighted by atomic mass is 10.3. The van der Waals surface area contributed by atoms with E-state index in [0.717, 1.165) is 22.2 Å². The molecule has 0 atom stereocenters. The third kappa shape index (κ3) is 6.25. The van der Waals surface area contributed by atoms with Crippen LogP contribution in [0, 0.1) is 0 Å². The van der Waals surface area contributed by atoms with E-state index < -0.39 is 0 Å². The van der Waals surface area contributed by atoms with Crippen LogP contribution in [0.1, 0.15) is 13.8 Å². The number of hydrogen-bond donors (Lipinski definition) is 2. The Labute approximate surface area is 125 Å². The van der Waals surface area contributed by atoms with Gasteiger partial charge in [-0.1, -0.05) is 17.2 Å². The van der Waals surface area contributed by atoms with Gasteiger partial charge in [0.15, 0.2) is 0 Å². The van der Waals surface area contributed by atoms with E-state index in [9.17, 15) is 0 Å². The van der Waals surface area contributed by atoms with Gasteiger partial charge in [-0.15, -0.1) is 6.58 Å². The molecule has 0 amide bonds. The molecule has 0 saturated heterocycles. The van der Waals surface area contributed by atoms with Crippen molar-refractivity contribution in [3.05, 3.63) is 59.8 Å². The molecule has 106 valence electrons.